The average Bonchev–Trinajstić information content (AvgIpc) is 2.34. The zero-order chi connectivity index (χ0) is 13.4. The van der Waals surface area contributed by atoms with Crippen molar-refractivity contribution in [1.82, 2.24) is 0 Å². The van der Waals surface area contributed by atoms with Gasteiger partial charge in [-0.1, -0.05) is 12.1 Å². The maximum atomic E-state index is 12.0. The Kier molecular flexibility index (Phi) is 6.11. The van der Waals surface area contributed by atoms with Crippen molar-refractivity contribution < 1.29 is 17.9 Å². The quantitative estimate of drug-likeness (QED) is 0.566. The summed E-state index contributed by atoms with van der Waals surface area (Å²) in [6.07, 6.45) is 0.754. The molecule has 0 radical (unpaired) electrons. The van der Waals surface area contributed by atoms with Crippen LogP contribution in [-0.2, 0) is 19.3 Å². The number of sulfone groups is 1. The van der Waals surface area contributed by atoms with E-state index in [-0.39, 0.29) is 22.9 Å². The van der Waals surface area contributed by atoms with E-state index in [1.54, 1.807) is 25.3 Å². The molecule has 1 rings (SSSR count). The van der Waals surface area contributed by atoms with Crippen LogP contribution in [0, 0.1) is 0 Å². The topological polar surface area (TPSA) is 78.6 Å². The van der Waals surface area contributed by atoms with Gasteiger partial charge in [0.05, 0.1) is 22.9 Å². The molecule has 0 aliphatic heterocycles. The van der Waals surface area contributed by atoms with Crippen LogP contribution in [0.2, 0.25) is 0 Å². The maximum Gasteiger partial charge on any atom is 0.182 e. The first-order valence-electron chi connectivity index (χ1n) is 5.72. The van der Waals surface area contributed by atoms with E-state index < -0.39 is 9.84 Å². The largest absolute Gasteiger partial charge is 0.398 e. The first kappa shape index (κ1) is 14.9. The Morgan fingerprint density at radius 1 is 1.17 bits per heavy atom. The van der Waals surface area contributed by atoms with Gasteiger partial charge in [-0.2, -0.15) is 0 Å². The number of hydrogen-bond donors (Lipinski definition) is 1. The van der Waals surface area contributed by atoms with E-state index in [1.807, 2.05) is 0 Å². The van der Waals surface area contributed by atoms with Gasteiger partial charge in [0.25, 0.3) is 0 Å². The van der Waals surface area contributed by atoms with E-state index in [0.29, 0.717) is 13.2 Å². The van der Waals surface area contributed by atoms with Gasteiger partial charge in [0.2, 0.25) is 0 Å². The molecule has 0 bridgehead atoms. The summed E-state index contributed by atoms with van der Waals surface area (Å²) in [7, 11) is -1.75. The van der Waals surface area contributed by atoms with E-state index in [0.717, 1.165) is 6.42 Å². The second-order valence-electron chi connectivity index (χ2n) is 3.82. The zero-order valence-electron chi connectivity index (χ0n) is 10.5. The molecule has 1 aromatic rings. The number of nitrogen functional groups attached to an aromatic ring is 1. The molecule has 0 spiro atoms. The van der Waals surface area contributed by atoms with Crippen LogP contribution in [-0.4, -0.2) is 41.1 Å². The molecule has 102 valence electrons. The van der Waals surface area contributed by atoms with E-state index >= 15 is 0 Å². The number of nitrogens with two attached hydrogens (primary N) is 1. The van der Waals surface area contributed by atoms with E-state index in [1.165, 1.54) is 6.07 Å². The van der Waals surface area contributed by atoms with Gasteiger partial charge in [0.15, 0.2) is 9.84 Å². The maximum absolute atomic E-state index is 12.0. The standard InChI is InChI=1S/C12H19NO4S/c1-16-7-4-8-17-9-10-18(14,15)12-6-3-2-5-11(12)13/h2-3,5-6H,4,7-10,13H2,1H3. The van der Waals surface area contributed by atoms with Crippen LogP contribution >= 0.6 is 0 Å². The molecule has 18 heavy (non-hydrogen) atoms. The molecular weight excluding hydrogens is 254 g/mol. The Hall–Kier alpha value is -1.11. The molecule has 0 saturated carbocycles. The molecule has 5 nitrogen and oxygen atoms in total. The first-order valence-corrected chi connectivity index (χ1v) is 7.37. The number of anilines is 1. The molecule has 0 atom stereocenters. The van der Waals surface area contributed by atoms with Crippen LogP contribution < -0.4 is 5.73 Å². The monoisotopic (exact) mass is 273 g/mol. The molecule has 0 aliphatic carbocycles. The predicted molar refractivity (Wildman–Crippen MR) is 70.2 cm³/mol. The van der Waals surface area contributed by atoms with Crippen LogP contribution in [0.25, 0.3) is 0 Å². The van der Waals surface area contributed by atoms with E-state index in [2.05, 4.69) is 0 Å². The van der Waals surface area contributed by atoms with Gasteiger partial charge in [-0.25, -0.2) is 8.42 Å². The van der Waals surface area contributed by atoms with Crippen molar-refractivity contribution in [3.8, 4) is 0 Å². The SMILES string of the molecule is COCCCOCCS(=O)(=O)c1ccccc1N. The lowest BCUT2D eigenvalue weighted by Crippen LogP contribution is -2.14. The third kappa shape index (κ3) is 4.64. The van der Waals surface area contributed by atoms with Gasteiger partial charge in [-0.3, -0.25) is 0 Å². The summed E-state index contributed by atoms with van der Waals surface area (Å²) in [5, 5.41) is 0. The number of benzene rings is 1. The van der Waals surface area contributed by atoms with Gasteiger partial charge < -0.3 is 15.2 Å². The Morgan fingerprint density at radius 3 is 2.56 bits per heavy atom. The lowest BCUT2D eigenvalue weighted by molar-refractivity contribution is 0.112. The van der Waals surface area contributed by atoms with Gasteiger partial charge in [-0.15, -0.1) is 0 Å². The smallest absolute Gasteiger partial charge is 0.182 e. The summed E-state index contributed by atoms with van der Waals surface area (Å²) < 4.78 is 34.0. The zero-order valence-corrected chi connectivity index (χ0v) is 11.3. The first-order chi connectivity index (χ1) is 8.58. The van der Waals surface area contributed by atoms with Crippen molar-refractivity contribution in [2.24, 2.45) is 0 Å². The molecule has 6 heteroatoms. The molecule has 2 N–H and O–H groups in total. The Balaban J connectivity index is 2.44. The summed E-state index contributed by atoms with van der Waals surface area (Å²) in [5.41, 5.74) is 5.92. The molecule has 0 aliphatic rings. The number of hydrogen-bond acceptors (Lipinski definition) is 5. The van der Waals surface area contributed by atoms with E-state index in [4.69, 9.17) is 15.2 Å². The van der Waals surface area contributed by atoms with Crippen molar-refractivity contribution in [2.75, 3.05) is 38.4 Å². The molecule has 0 heterocycles. The lowest BCUT2D eigenvalue weighted by atomic mass is 10.3. The average molecular weight is 273 g/mol. The second-order valence-corrected chi connectivity index (χ2v) is 5.89. The molecular formula is C12H19NO4S. The van der Waals surface area contributed by atoms with Gasteiger partial charge in [0, 0.05) is 20.3 Å². The number of rotatable bonds is 8. The highest BCUT2D eigenvalue weighted by Crippen LogP contribution is 2.18. The Bertz CT molecular complexity index is 459. The third-order valence-electron chi connectivity index (χ3n) is 2.39. The highest BCUT2D eigenvalue weighted by Gasteiger charge is 2.16. The number of ether oxygens (including phenoxy) is 2. The summed E-state index contributed by atoms with van der Waals surface area (Å²) in [6, 6.07) is 6.44. The van der Waals surface area contributed by atoms with Crippen molar-refractivity contribution >= 4 is 15.5 Å². The number of methoxy groups -OCH3 is 1. The minimum absolute atomic E-state index is 0.0613. The summed E-state index contributed by atoms with van der Waals surface area (Å²) in [4.78, 5) is 0.172. The fourth-order valence-electron chi connectivity index (χ4n) is 1.45. The fourth-order valence-corrected chi connectivity index (χ4v) is 2.72. The molecule has 0 amide bonds. The summed E-state index contributed by atoms with van der Waals surface area (Å²) >= 11 is 0. The normalized spacial score (nSPS) is 11.6. The second kappa shape index (κ2) is 7.35. The summed E-state index contributed by atoms with van der Waals surface area (Å²) in [5.74, 6) is -0.0613. The molecule has 0 saturated heterocycles. The number of para-hydroxylation sites is 1. The highest BCUT2D eigenvalue weighted by atomic mass is 32.2. The van der Waals surface area contributed by atoms with Gasteiger partial charge in [0.1, 0.15) is 0 Å². The minimum atomic E-state index is -3.36. The molecule has 0 aromatic heterocycles. The predicted octanol–water partition coefficient (Wildman–Crippen LogP) is 1.10. The van der Waals surface area contributed by atoms with Crippen molar-refractivity contribution in [1.29, 1.82) is 0 Å². The van der Waals surface area contributed by atoms with Crippen LogP contribution in [0.15, 0.2) is 29.2 Å². The van der Waals surface area contributed by atoms with E-state index in [9.17, 15) is 8.42 Å². The van der Waals surface area contributed by atoms with Gasteiger partial charge in [-0.05, 0) is 18.6 Å². The fraction of sp³-hybridized carbons (Fsp3) is 0.500. The van der Waals surface area contributed by atoms with Crippen LogP contribution in [0.4, 0.5) is 5.69 Å². The van der Waals surface area contributed by atoms with Gasteiger partial charge >= 0.3 is 0 Å². The highest BCUT2D eigenvalue weighted by molar-refractivity contribution is 7.91. The molecule has 1 aromatic carbocycles. The van der Waals surface area contributed by atoms with Crippen molar-refractivity contribution in [3.63, 3.8) is 0 Å². The van der Waals surface area contributed by atoms with Crippen LogP contribution in [0.3, 0.4) is 0 Å². The van der Waals surface area contributed by atoms with Crippen LogP contribution in [0.5, 0.6) is 0 Å². The van der Waals surface area contributed by atoms with Crippen molar-refractivity contribution in [3.05, 3.63) is 24.3 Å². The third-order valence-corrected chi connectivity index (χ3v) is 4.13. The van der Waals surface area contributed by atoms with Crippen LogP contribution in [0.1, 0.15) is 6.42 Å². The Labute approximate surface area is 108 Å². The lowest BCUT2D eigenvalue weighted by Gasteiger charge is -2.07. The minimum Gasteiger partial charge on any atom is -0.398 e. The summed E-state index contributed by atoms with van der Waals surface area (Å²) in [6.45, 7) is 1.27. The van der Waals surface area contributed by atoms with Crippen molar-refractivity contribution in [2.45, 2.75) is 11.3 Å². The Morgan fingerprint density at radius 2 is 1.89 bits per heavy atom. The molecule has 0 fully saturated rings. The molecule has 0 unspecified atom stereocenters.